The number of aryl methyl sites for hydroxylation is 1. The Morgan fingerprint density at radius 3 is 2.55 bits per heavy atom. The van der Waals surface area contributed by atoms with Gasteiger partial charge in [0.15, 0.2) is 5.78 Å². The lowest BCUT2D eigenvalue weighted by Crippen LogP contribution is -1.98. The third-order valence-corrected chi connectivity index (χ3v) is 3.56. The summed E-state index contributed by atoms with van der Waals surface area (Å²) in [7, 11) is 0. The van der Waals surface area contributed by atoms with Crippen LogP contribution in [0.5, 0.6) is 0 Å². The van der Waals surface area contributed by atoms with E-state index in [4.69, 9.17) is 0 Å². The highest BCUT2D eigenvalue weighted by Gasteiger charge is 2.07. The van der Waals surface area contributed by atoms with Crippen molar-refractivity contribution in [1.82, 2.24) is 0 Å². The predicted molar refractivity (Wildman–Crippen MR) is 89.1 cm³/mol. The smallest absolute Gasteiger partial charge is 0.271 e. The Balaban J connectivity index is 2.09. The summed E-state index contributed by atoms with van der Waals surface area (Å²) in [5, 5.41) is 13.7. The summed E-state index contributed by atoms with van der Waals surface area (Å²) in [6.07, 6.45) is 2.87. The quantitative estimate of drug-likeness (QED) is 0.369. The van der Waals surface area contributed by atoms with Crippen LogP contribution in [-0.4, -0.2) is 10.7 Å². The topological polar surface area (TPSA) is 72.2 Å². The van der Waals surface area contributed by atoms with E-state index in [0.717, 1.165) is 10.0 Å². The second-order valence-electron chi connectivity index (χ2n) is 4.61. The summed E-state index contributed by atoms with van der Waals surface area (Å²) >= 11 is 3.31. The molecule has 0 radical (unpaired) electrons. The molecular weight excluding hydrogens is 348 g/mol. The highest BCUT2D eigenvalue weighted by Crippen LogP contribution is 2.21. The van der Waals surface area contributed by atoms with Crippen molar-refractivity contribution in [2.24, 2.45) is 0 Å². The van der Waals surface area contributed by atoms with Gasteiger partial charge in [-0.3, -0.25) is 14.9 Å². The van der Waals surface area contributed by atoms with Crippen molar-refractivity contribution in [2.45, 2.75) is 6.92 Å². The predicted octanol–water partition coefficient (Wildman–Crippen LogP) is 4.47. The average molecular weight is 361 g/mol. The van der Waals surface area contributed by atoms with Crippen LogP contribution in [0.15, 0.2) is 59.2 Å². The molecule has 6 heteroatoms. The number of carbonyl (C=O) groups is 1. The number of nitrogens with zero attached hydrogens (tertiary/aromatic N) is 1. The van der Waals surface area contributed by atoms with Gasteiger partial charge in [0.05, 0.1) is 4.92 Å². The molecule has 0 atom stereocenters. The molecule has 1 N–H and O–H groups in total. The second kappa shape index (κ2) is 7.00. The van der Waals surface area contributed by atoms with Gasteiger partial charge < -0.3 is 5.32 Å². The Labute approximate surface area is 135 Å². The molecule has 5 nitrogen and oxygen atoms in total. The van der Waals surface area contributed by atoms with E-state index in [2.05, 4.69) is 21.2 Å². The van der Waals surface area contributed by atoms with Crippen LogP contribution < -0.4 is 5.32 Å². The Morgan fingerprint density at radius 2 is 1.91 bits per heavy atom. The van der Waals surface area contributed by atoms with Gasteiger partial charge in [-0.05, 0) is 36.8 Å². The fourth-order valence-corrected chi connectivity index (χ4v) is 2.06. The van der Waals surface area contributed by atoms with Crippen LogP contribution in [0.4, 0.5) is 11.4 Å². The Bertz CT molecular complexity index is 740. The molecule has 0 aliphatic carbocycles. The molecule has 0 saturated carbocycles. The van der Waals surface area contributed by atoms with Crippen molar-refractivity contribution < 1.29 is 9.72 Å². The highest BCUT2D eigenvalue weighted by atomic mass is 79.9. The summed E-state index contributed by atoms with van der Waals surface area (Å²) in [5.74, 6) is -0.150. The Hall–Kier alpha value is -2.47. The molecule has 0 unspecified atom stereocenters. The number of ketones is 1. The lowest BCUT2D eigenvalue weighted by molar-refractivity contribution is -0.384. The number of nitro benzene ring substituents is 1. The summed E-state index contributed by atoms with van der Waals surface area (Å²) in [6.45, 7) is 1.83. The summed E-state index contributed by atoms with van der Waals surface area (Å²) in [6, 6.07) is 11.6. The van der Waals surface area contributed by atoms with E-state index in [-0.39, 0.29) is 11.5 Å². The molecule has 22 heavy (non-hydrogen) atoms. The van der Waals surface area contributed by atoms with Gasteiger partial charge >= 0.3 is 0 Å². The summed E-state index contributed by atoms with van der Waals surface area (Å²) < 4.78 is 0.901. The molecular formula is C16H13BrN2O3. The van der Waals surface area contributed by atoms with Gasteiger partial charge in [-0.1, -0.05) is 22.0 Å². The number of hydrogen-bond acceptors (Lipinski definition) is 4. The van der Waals surface area contributed by atoms with Crippen molar-refractivity contribution in [3.05, 3.63) is 80.5 Å². The third-order valence-electron chi connectivity index (χ3n) is 3.03. The van der Waals surface area contributed by atoms with E-state index < -0.39 is 4.92 Å². The van der Waals surface area contributed by atoms with Crippen LogP contribution in [-0.2, 0) is 0 Å². The van der Waals surface area contributed by atoms with E-state index in [1.54, 1.807) is 30.3 Å². The van der Waals surface area contributed by atoms with E-state index in [1.807, 2.05) is 6.92 Å². The zero-order valence-electron chi connectivity index (χ0n) is 11.7. The zero-order valence-corrected chi connectivity index (χ0v) is 13.3. The number of benzene rings is 2. The van der Waals surface area contributed by atoms with Crippen LogP contribution in [0.25, 0.3) is 0 Å². The number of rotatable bonds is 5. The number of allylic oxidation sites excluding steroid dienone is 1. The van der Waals surface area contributed by atoms with Gasteiger partial charge in [0.25, 0.3) is 5.69 Å². The molecule has 2 aromatic carbocycles. The molecule has 0 spiro atoms. The largest absolute Gasteiger partial charge is 0.361 e. The number of nitro groups is 1. The van der Waals surface area contributed by atoms with Gasteiger partial charge in [0.1, 0.15) is 0 Å². The maximum absolute atomic E-state index is 12.0. The van der Waals surface area contributed by atoms with Gasteiger partial charge in [0.2, 0.25) is 0 Å². The molecule has 2 rings (SSSR count). The fourth-order valence-electron chi connectivity index (χ4n) is 1.80. The van der Waals surface area contributed by atoms with Crippen molar-refractivity contribution in [1.29, 1.82) is 0 Å². The molecule has 2 aromatic rings. The number of carbonyl (C=O) groups excluding carboxylic acids is 1. The van der Waals surface area contributed by atoms with Gasteiger partial charge in [0, 0.05) is 40.1 Å². The molecule has 0 amide bonds. The zero-order chi connectivity index (χ0) is 16.1. The lowest BCUT2D eigenvalue weighted by Gasteiger charge is -2.04. The van der Waals surface area contributed by atoms with Crippen LogP contribution in [0.3, 0.4) is 0 Å². The normalized spacial score (nSPS) is 10.6. The summed E-state index contributed by atoms with van der Waals surface area (Å²) in [4.78, 5) is 22.3. The molecule has 0 saturated heterocycles. The third kappa shape index (κ3) is 4.02. The molecule has 0 aliphatic heterocycles. The standard InChI is InChI=1S/C16H13BrN2O3/c1-11-2-7-14(19(21)22)10-15(11)18-9-8-16(20)12-3-5-13(17)6-4-12/h2-10,18H,1H3/b9-8+. The van der Waals surface area contributed by atoms with Crippen LogP contribution >= 0.6 is 15.9 Å². The average Bonchev–Trinajstić information content (AvgIpc) is 2.49. The molecule has 112 valence electrons. The minimum Gasteiger partial charge on any atom is -0.361 e. The number of hydrogen-bond donors (Lipinski definition) is 1. The van der Waals surface area contributed by atoms with Gasteiger partial charge in [-0.15, -0.1) is 0 Å². The van der Waals surface area contributed by atoms with Crippen LogP contribution in [0, 0.1) is 17.0 Å². The number of halogens is 1. The summed E-state index contributed by atoms with van der Waals surface area (Å²) in [5.41, 5.74) is 2.01. The highest BCUT2D eigenvalue weighted by molar-refractivity contribution is 9.10. The first-order valence-electron chi connectivity index (χ1n) is 6.45. The van der Waals surface area contributed by atoms with Crippen LogP contribution in [0.2, 0.25) is 0 Å². The maximum atomic E-state index is 12.0. The maximum Gasteiger partial charge on any atom is 0.271 e. The fraction of sp³-hybridized carbons (Fsp3) is 0.0625. The van der Waals surface area contributed by atoms with Crippen molar-refractivity contribution >= 4 is 33.1 Å². The first-order chi connectivity index (χ1) is 10.5. The number of nitrogens with one attached hydrogen (secondary N) is 1. The molecule has 0 heterocycles. The molecule has 0 bridgehead atoms. The van der Waals surface area contributed by atoms with Crippen LogP contribution in [0.1, 0.15) is 15.9 Å². The Morgan fingerprint density at radius 1 is 1.23 bits per heavy atom. The monoisotopic (exact) mass is 360 g/mol. The van der Waals surface area contributed by atoms with Crippen molar-refractivity contribution in [2.75, 3.05) is 5.32 Å². The van der Waals surface area contributed by atoms with E-state index in [9.17, 15) is 14.9 Å². The number of anilines is 1. The van der Waals surface area contributed by atoms with E-state index >= 15 is 0 Å². The van der Waals surface area contributed by atoms with E-state index in [1.165, 1.54) is 24.4 Å². The van der Waals surface area contributed by atoms with Gasteiger partial charge in [-0.25, -0.2) is 0 Å². The SMILES string of the molecule is Cc1ccc([N+](=O)[O-])cc1N/C=C/C(=O)c1ccc(Br)cc1. The lowest BCUT2D eigenvalue weighted by atomic mass is 10.1. The van der Waals surface area contributed by atoms with Gasteiger partial charge in [-0.2, -0.15) is 0 Å². The number of non-ortho nitro benzene ring substituents is 1. The molecule has 0 aliphatic rings. The minimum atomic E-state index is -0.457. The molecule has 0 aromatic heterocycles. The van der Waals surface area contributed by atoms with Crippen molar-refractivity contribution in [3.63, 3.8) is 0 Å². The first kappa shape index (κ1) is 15.9. The second-order valence-corrected chi connectivity index (χ2v) is 5.52. The van der Waals surface area contributed by atoms with Crippen molar-refractivity contribution in [3.8, 4) is 0 Å². The Kier molecular flexibility index (Phi) is 5.06. The molecule has 0 fully saturated rings. The first-order valence-corrected chi connectivity index (χ1v) is 7.24. The minimum absolute atomic E-state index is 0.000682. The van der Waals surface area contributed by atoms with E-state index in [0.29, 0.717) is 11.3 Å².